The lowest BCUT2D eigenvalue weighted by atomic mass is 9.94. The van der Waals surface area contributed by atoms with Crippen LogP contribution in [0.15, 0.2) is 66.0 Å². The standard InChI is InChI=1S/C30H30ClFN3O6P/c1-17-21-10-9-19(29(36)33-14-23-26(32)7-4-8-28(23)40-16-41-42(37,38)39)13-27(21)35-15-24-18(5-3-6-25(24)31)11-20-12-22(20)30(35)34(17)2/h3-10,13,17,20H,11-12,14-16H2,1-2H3,(H,33,36)(H2,37,38,39)/b30-22-/t17-,20?/m0/s1. The summed E-state index contributed by atoms with van der Waals surface area (Å²) in [5.74, 6) is 0.574. The Morgan fingerprint density at radius 3 is 2.74 bits per heavy atom. The molecule has 3 aromatic carbocycles. The maximum Gasteiger partial charge on any atom is 0.472 e. The first kappa shape index (κ1) is 28.7. The zero-order chi connectivity index (χ0) is 29.8. The molecule has 0 saturated heterocycles. The largest absolute Gasteiger partial charge is 0.472 e. The molecule has 9 nitrogen and oxygen atoms in total. The van der Waals surface area contributed by atoms with Crippen LogP contribution >= 0.6 is 19.4 Å². The molecule has 220 valence electrons. The van der Waals surface area contributed by atoms with E-state index in [9.17, 15) is 13.8 Å². The first-order chi connectivity index (χ1) is 20.0. The van der Waals surface area contributed by atoms with Gasteiger partial charge in [0.15, 0.2) is 6.79 Å². The molecular weight excluding hydrogens is 584 g/mol. The number of nitrogens with zero attached hydrogens (tertiary/aromatic N) is 2. The zero-order valence-corrected chi connectivity index (χ0v) is 24.7. The van der Waals surface area contributed by atoms with Gasteiger partial charge in [0.05, 0.1) is 12.6 Å². The van der Waals surface area contributed by atoms with E-state index in [0.29, 0.717) is 18.0 Å². The average molecular weight is 614 g/mol. The lowest BCUT2D eigenvalue weighted by molar-refractivity contribution is 0.0817. The Hall–Kier alpha value is -3.40. The number of phosphoric ester groups is 1. The van der Waals surface area contributed by atoms with E-state index in [4.69, 9.17) is 26.1 Å². The highest BCUT2D eigenvalue weighted by Crippen LogP contribution is 2.52. The summed E-state index contributed by atoms with van der Waals surface area (Å²) in [7, 11) is -2.66. The topological polar surface area (TPSA) is 112 Å². The van der Waals surface area contributed by atoms with E-state index in [-0.39, 0.29) is 23.9 Å². The van der Waals surface area contributed by atoms with Gasteiger partial charge in [0.1, 0.15) is 17.4 Å². The van der Waals surface area contributed by atoms with E-state index in [1.165, 1.54) is 29.3 Å². The number of carbonyl (C=O) groups excluding carboxylic acids is 1. The van der Waals surface area contributed by atoms with Gasteiger partial charge in [-0.05, 0) is 78.3 Å². The number of anilines is 1. The number of benzene rings is 3. The zero-order valence-electron chi connectivity index (χ0n) is 23.0. The van der Waals surface area contributed by atoms with Gasteiger partial charge in [0, 0.05) is 35.4 Å². The molecular formula is C30H30ClFN3O6P. The molecule has 3 aliphatic rings. The van der Waals surface area contributed by atoms with Crippen LogP contribution in [-0.2, 0) is 28.6 Å². The Bertz CT molecular complexity index is 1660. The van der Waals surface area contributed by atoms with Crippen molar-refractivity contribution < 1.29 is 32.8 Å². The minimum Gasteiger partial charge on any atom is -0.466 e. The lowest BCUT2D eigenvalue weighted by Gasteiger charge is -2.45. The molecule has 2 aliphatic heterocycles. The van der Waals surface area contributed by atoms with Gasteiger partial charge in [0.2, 0.25) is 0 Å². The Kier molecular flexibility index (Phi) is 7.53. The molecule has 1 amide bonds. The van der Waals surface area contributed by atoms with E-state index in [1.54, 1.807) is 6.07 Å². The predicted molar refractivity (Wildman–Crippen MR) is 155 cm³/mol. The molecule has 0 aromatic heterocycles. The van der Waals surface area contributed by atoms with Gasteiger partial charge in [-0.1, -0.05) is 35.9 Å². The minimum absolute atomic E-state index is 0.00233. The van der Waals surface area contributed by atoms with Crippen molar-refractivity contribution in [2.24, 2.45) is 5.92 Å². The first-order valence-corrected chi connectivity index (χ1v) is 15.4. The maximum absolute atomic E-state index is 14.7. The molecule has 1 saturated carbocycles. The van der Waals surface area contributed by atoms with E-state index in [2.05, 4.69) is 39.7 Å². The molecule has 2 heterocycles. The van der Waals surface area contributed by atoms with Gasteiger partial charge in [-0.25, -0.2) is 13.5 Å². The molecule has 1 fully saturated rings. The van der Waals surface area contributed by atoms with E-state index < -0.39 is 26.3 Å². The van der Waals surface area contributed by atoms with Crippen molar-refractivity contribution in [3.63, 3.8) is 0 Å². The van der Waals surface area contributed by atoms with E-state index in [1.807, 2.05) is 24.3 Å². The summed E-state index contributed by atoms with van der Waals surface area (Å²) in [6.07, 6.45) is 1.99. The minimum atomic E-state index is -4.76. The molecule has 1 aliphatic carbocycles. The third-order valence-electron chi connectivity index (χ3n) is 8.23. The summed E-state index contributed by atoms with van der Waals surface area (Å²) in [6, 6.07) is 15.8. The number of nitrogens with one attached hydrogen (secondary N) is 1. The number of hydrogen-bond donors (Lipinski definition) is 3. The van der Waals surface area contributed by atoms with Crippen molar-refractivity contribution in [1.29, 1.82) is 0 Å². The molecule has 0 bridgehead atoms. The van der Waals surface area contributed by atoms with Gasteiger partial charge in [-0.15, -0.1) is 0 Å². The van der Waals surface area contributed by atoms with Crippen LogP contribution in [0.5, 0.6) is 5.75 Å². The van der Waals surface area contributed by atoms with Crippen LogP contribution in [0.3, 0.4) is 0 Å². The van der Waals surface area contributed by atoms with Crippen LogP contribution in [0.2, 0.25) is 5.02 Å². The summed E-state index contributed by atoms with van der Waals surface area (Å²) in [4.78, 5) is 35.7. The fourth-order valence-electron chi connectivity index (χ4n) is 5.87. The van der Waals surface area contributed by atoms with Crippen molar-refractivity contribution in [2.45, 2.75) is 38.9 Å². The quantitative estimate of drug-likeness (QED) is 0.231. The summed E-state index contributed by atoms with van der Waals surface area (Å²) in [6.45, 7) is 1.73. The Labute approximate surface area is 247 Å². The highest BCUT2D eigenvalue weighted by atomic mass is 35.5. The lowest BCUT2D eigenvalue weighted by Crippen LogP contribution is -2.41. The number of fused-ring (bicyclic) bond motifs is 5. The monoisotopic (exact) mass is 613 g/mol. The van der Waals surface area contributed by atoms with Gasteiger partial charge in [0.25, 0.3) is 5.91 Å². The van der Waals surface area contributed by atoms with Crippen molar-refractivity contribution in [2.75, 3.05) is 18.7 Å². The second kappa shape index (κ2) is 11.0. The molecule has 0 spiro atoms. The van der Waals surface area contributed by atoms with Gasteiger partial charge in [-0.2, -0.15) is 0 Å². The molecule has 3 aromatic rings. The SMILES string of the molecule is C[C@H]1c2ccc(C(=O)NCc3c(F)cccc3OCOP(=O)(O)O)cc2N2Cc3c(Cl)cccc3CC3C/C3=C/2N1C. The number of halogens is 2. The number of phosphoric acid groups is 1. The van der Waals surface area contributed by atoms with Crippen LogP contribution in [-0.4, -0.2) is 34.4 Å². The van der Waals surface area contributed by atoms with Crippen LogP contribution in [0, 0.1) is 11.7 Å². The molecule has 12 heteroatoms. The third-order valence-corrected chi connectivity index (χ3v) is 9.02. The molecule has 2 atom stereocenters. The smallest absolute Gasteiger partial charge is 0.466 e. The van der Waals surface area contributed by atoms with Crippen molar-refractivity contribution in [3.05, 3.63) is 105 Å². The fraction of sp³-hybridized carbons (Fsp3) is 0.300. The summed E-state index contributed by atoms with van der Waals surface area (Å²) in [5, 5.41) is 3.47. The number of allylic oxidation sites excluding steroid dienone is 1. The fourth-order valence-corrected chi connectivity index (χ4v) is 6.32. The maximum atomic E-state index is 14.7. The van der Waals surface area contributed by atoms with Crippen molar-refractivity contribution in [3.8, 4) is 5.75 Å². The van der Waals surface area contributed by atoms with Gasteiger partial charge >= 0.3 is 7.82 Å². The number of rotatable bonds is 7. The van der Waals surface area contributed by atoms with Crippen LogP contribution in [0.25, 0.3) is 0 Å². The van der Waals surface area contributed by atoms with E-state index >= 15 is 0 Å². The normalized spacial score (nSPS) is 20.9. The highest BCUT2D eigenvalue weighted by Gasteiger charge is 2.43. The molecule has 6 rings (SSSR count). The summed E-state index contributed by atoms with van der Waals surface area (Å²) in [5.41, 5.74) is 6.18. The first-order valence-electron chi connectivity index (χ1n) is 13.5. The van der Waals surface area contributed by atoms with Crippen LogP contribution in [0.1, 0.15) is 52.0 Å². The van der Waals surface area contributed by atoms with Crippen LogP contribution in [0.4, 0.5) is 10.1 Å². The molecule has 42 heavy (non-hydrogen) atoms. The Morgan fingerprint density at radius 1 is 1.17 bits per heavy atom. The summed E-state index contributed by atoms with van der Waals surface area (Å²) >= 11 is 6.71. The average Bonchev–Trinajstić information content (AvgIpc) is 3.68. The van der Waals surface area contributed by atoms with Gasteiger partial charge < -0.3 is 29.6 Å². The van der Waals surface area contributed by atoms with Crippen LogP contribution < -0.4 is 15.0 Å². The summed E-state index contributed by atoms with van der Waals surface area (Å²) < 4.78 is 35.2. The van der Waals surface area contributed by atoms with Gasteiger partial charge in [-0.3, -0.25) is 4.79 Å². The van der Waals surface area contributed by atoms with Crippen molar-refractivity contribution >= 4 is 31.0 Å². The number of hydrogen-bond acceptors (Lipinski definition) is 6. The Morgan fingerprint density at radius 2 is 1.95 bits per heavy atom. The number of amides is 1. The molecule has 0 radical (unpaired) electrons. The second-order valence-electron chi connectivity index (χ2n) is 10.8. The second-order valence-corrected chi connectivity index (χ2v) is 12.4. The van der Waals surface area contributed by atoms with Crippen molar-refractivity contribution in [1.82, 2.24) is 10.2 Å². The molecule has 3 N–H and O–H groups in total. The third kappa shape index (κ3) is 5.53. The predicted octanol–water partition coefficient (Wildman–Crippen LogP) is 5.66. The highest BCUT2D eigenvalue weighted by molar-refractivity contribution is 7.46. The number of ether oxygens (including phenoxy) is 1. The van der Waals surface area contributed by atoms with E-state index in [0.717, 1.165) is 40.5 Å². The number of carbonyl (C=O) groups is 1. The molecule has 1 unspecified atom stereocenters. The Balaban J connectivity index is 1.28.